The number of benzene rings is 1. The Labute approximate surface area is 107 Å². The summed E-state index contributed by atoms with van der Waals surface area (Å²) in [6, 6.07) is 5.22. The number of nitrogens with one attached hydrogen (secondary N) is 1. The molecule has 0 atom stereocenters. The average Bonchev–Trinajstić information content (AvgIpc) is 2.48. The maximum Gasteiger partial charge on any atom is 0.454 e. The fourth-order valence-corrected chi connectivity index (χ4v) is 1.53. The minimum Gasteiger partial charge on any atom is -0.463 e. The molecule has 1 aliphatic heterocycles. The summed E-state index contributed by atoms with van der Waals surface area (Å²) in [7, 11) is 0. The van der Waals surface area contributed by atoms with E-state index in [-0.39, 0.29) is 5.70 Å². The third-order valence-corrected chi connectivity index (χ3v) is 2.42. The number of carbonyl (C=O) groups is 1. The highest BCUT2D eigenvalue weighted by Crippen LogP contribution is 2.29. The summed E-state index contributed by atoms with van der Waals surface area (Å²) >= 11 is 0. The van der Waals surface area contributed by atoms with Crippen LogP contribution in [-0.2, 0) is 4.79 Å². The van der Waals surface area contributed by atoms with Gasteiger partial charge in [-0.05, 0) is 30.7 Å². The molecule has 1 aromatic rings. The van der Waals surface area contributed by atoms with Crippen molar-refractivity contribution in [3.8, 4) is 5.75 Å². The highest BCUT2D eigenvalue weighted by Gasteiger charge is 2.36. The maximum atomic E-state index is 12.2. The Morgan fingerprint density at radius 1 is 1.37 bits per heavy atom. The normalized spacial score (nSPS) is 16.3. The van der Waals surface area contributed by atoms with E-state index in [0.717, 1.165) is 5.56 Å². The first-order valence-corrected chi connectivity index (χ1v) is 5.40. The van der Waals surface area contributed by atoms with Gasteiger partial charge < -0.3 is 10.1 Å². The first kappa shape index (κ1) is 13.2. The second-order valence-corrected chi connectivity index (χ2v) is 4.01. The van der Waals surface area contributed by atoms with Crippen molar-refractivity contribution in [3.63, 3.8) is 0 Å². The zero-order valence-corrected chi connectivity index (χ0v) is 9.91. The van der Waals surface area contributed by atoms with E-state index in [1.165, 1.54) is 12.3 Å². The van der Waals surface area contributed by atoms with Gasteiger partial charge in [-0.3, -0.25) is 4.79 Å². The number of alkyl halides is 3. The van der Waals surface area contributed by atoms with Crippen molar-refractivity contribution in [1.82, 2.24) is 0 Å². The van der Waals surface area contributed by atoms with Crippen molar-refractivity contribution < 1.29 is 22.7 Å². The van der Waals surface area contributed by atoms with Crippen LogP contribution in [0.5, 0.6) is 5.75 Å². The molecule has 0 amide bonds. The van der Waals surface area contributed by atoms with Gasteiger partial charge in [-0.2, -0.15) is 13.2 Å². The number of ketones is 1. The topological polar surface area (TPSA) is 38.3 Å². The Bertz CT molecular complexity index is 574. The monoisotopic (exact) mass is 269 g/mol. The van der Waals surface area contributed by atoms with Crippen LogP contribution in [0.3, 0.4) is 0 Å². The molecule has 0 saturated heterocycles. The van der Waals surface area contributed by atoms with E-state index in [4.69, 9.17) is 4.74 Å². The molecule has 0 spiro atoms. The zero-order valence-electron chi connectivity index (χ0n) is 9.91. The second kappa shape index (κ2) is 4.79. The molecule has 1 N–H and O–H groups in total. The summed E-state index contributed by atoms with van der Waals surface area (Å²) in [5.74, 6) is -1.44. The van der Waals surface area contributed by atoms with Crippen LogP contribution in [0.4, 0.5) is 18.9 Å². The Hall–Kier alpha value is -2.24. The number of hydrogen-bond acceptors (Lipinski definition) is 3. The fraction of sp³-hybridized carbons (Fsp3) is 0.154. The second-order valence-electron chi connectivity index (χ2n) is 4.01. The lowest BCUT2D eigenvalue weighted by Gasteiger charge is -2.09. The number of allylic oxidation sites excluding steroid dienone is 2. The number of fused-ring (bicyclic) bond motifs is 1. The summed E-state index contributed by atoms with van der Waals surface area (Å²) in [5, 5.41) is 2.73. The van der Waals surface area contributed by atoms with Crippen LogP contribution < -0.4 is 10.1 Å². The van der Waals surface area contributed by atoms with Crippen molar-refractivity contribution in [1.29, 1.82) is 0 Å². The smallest absolute Gasteiger partial charge is 0.454 e. The van der Waals surface area contributed by atoms with E-state index in [0.29, 0.717) is 17.5 Å². The number of halogens is 3. The van der Waals surface area contributed by atoms with Crippen LogP contribution in [0.2, 0.25) is 0 Å². The molecule has 0 radical (unpaired) electrons. The lowest BCUT2D eigenvalue weighted by Crippen LogP contribution is -2.21. The van der Waals surface area contributed by atoms with Crippen molar-refractivity contribution in [2.24, 2.45) is 0 Å². The summed E-state index contributed by atoms with van der Waals surface area (Å²) in [5.41, 5.74) is 1.44. The predicted octanol–water partition coefficient (Wildman–Crippen LogP) is 3.33. The van der Waals surface area contributed by atoms with Gasteiger partial charge in [0.2, 0.25) is 0 Å². The third-order valence-electron chi connectivity index (χ3n) is 2.42. The minimum absolute atomic E-state index is 0.0201. The quantitative estimate of drug-likeness (QED) is 0.795. The number of ether oxygens (including phenoxy) is 1. The molecular formula is C13H10F3NO2. The molecule has 6 heteroatoms. The van der Waals surface area contributed by atoms with Gasteiger partial charge >= 0.3 is 6.18 Å². The standard InChI is InChI=1S/C13H10F3NO2/c1-8-2-3-11-10(6-8)17-9(4-5-19-11)7-12(18)13(14,15)16/h2-7,17H,1H3/b9-7-. The van der Waals surface area contributed by atoms with E-state index < -0.39 is 12.0 Å². The molecule has 0 fully saturated rings. The average molecular weight is 269 g/mol. The van der Waals surface area contributed by atoms with Gasteiger partial charge in [0, 0.05) is 11.8 Å². The van der Waals surface area contributed by atoms with E-state index in [1.54, 1.807) is 12.1 Å². The summed E-state index contributed by atoms with van der Waals surface area (Å²) in [4.78, 5) is 10.9. The van der Waals surface area contributed by atoms with Crippen molar-refractivity contribution in [3.05, 3.63) is 47.9 Å². The van der Waals surface area contributed by atoms with E-state index in [2.05, 4.69) is 5.32 Å². The highest BCUT2D eigenvalue weighted by molar-refractivity contribution is 5.95. The molecule has 1 heterocycles. The molecule has 0 unspecified atom stereocenters. The SMILES string of the molecule is Cc1ccc2c(c1)N/C(=C\C(=O)C(F)(F)F)C=CO2. The first-order valence-electron chi connectivity index (χ1n) is 5.40. The lowest BCUT2D eigenvalue weighted by molar-refractivity contribution is -0.165. The van der Waals surface area contributed by atoms with Crippen LogP contribution in [0.25, 0.3) is 0 Å². The minimum atomic E-state index is -4.88. The summed E-state index contributed by atoms with van der Waals surface area (Å²) in [6.07, 6.45) is -1.90. The van der Waals surface area contributed by atoms with Gasteiger partial charge in [-0.25, -0.2) is 0 Å². The van der Waals surface area contributed by atoms with E-state index in [1.807, 2.05) is 13.0 Å². The molecule has 3 nitrogen and oxygen atoms in total. The largest absolute Gasteiger partial charge is 0.463 e. The van der Waals surface area contributed by atoms with Crippen molar-refractivity contribution in [2.45, 2.75) is 13.1 Å². The molecule has 0 bridgehead atoms. The van der Waals surface area contributed by atoms with Gasteiger partial charge in [-0.15, -0.1) is 0 Å². The maximum absolute atomic E-state index is 12.2. The van der Waals surface area contributed by atoms with Crippen LogP contribution in [0.1, 0.15) is 5.56 Å². The number of hydrogen-bond donors (Lipinski definition) is 1. The van der Waals surface area contributed by atoms with Crippen LogP contribution >= 0.6 is 0 Å². The molecule has 1 aromatic carbocycles. The Morgan fingerprint density at radius 3 is 2.79 bits per heavy atom. The zero-order chi connectivity index (χ0) is 14.0. The lowest BCUT2D eigenvalue weighted by atomic mass is 10.2. The fourth-order valence-electron chi connectivity index (χ4n) is 1.53. The van der Waals surface area contributed by atoms with Gasteiger partial charge in [0.1, 0.15) is 5.75 Å². The van der Waals surface area contributed by atoms with Gasteiger partial charge in [0.15, 0.2) is 0 Å². The molecule has 1 aliphatic rings. The molecular weight excluding hydrogens is 259 g/mol. The van der Waals surface area contributed by atoms with E-state index in [9.17, 15) is 18.0 Å². The highest BCUT2D eigenvalue weighted by atomic mass is 19.4. The van der Waals surface area contributed by atoms with Crippen LogP contribution in [0.15, 0.2) is 42.3 Å². The summed E-state index contributed by atoms with van der Waals surface area (Å²) in [6.45, 7) is 1.84. The Balaban J connectivity index is 2.31. The molecule has 0 aromatic heterocycles. The molecule has 0 saturated carbocycles. The number of carbonyl (C=O) groups excluding carboxylic acids is 1. The predicted molar refractivity (Wildman–Crippen MR) is 63.7 cm³/mol. The van der Waals surface area contributed by atoms with Crippen LogP contribution in [-0.4, -0.2) is 12.0 Å². The molecule has 2 rings (SSSR count). The van der Waals surface area contributed by atoms with Crippen molar-refractivity contribution >= 4 is 11.5 Å². The Morgan fingerprint density at radius 2 is 2.11 bits per heavy atom. The molecule has 0 aliphatic carbocycles. The van der Waals surface area contributed by atoms with Gasteiger partial charge in [-0.1, -0.05) is 6.07 Å². The third kappa shape index (κ3) is 3.15. The van der Waals surface area contributed by atoms with Gasteiger partial charge in [0.25, 0.3) is 5.78 Å². The summed E-state index contributed by atoms with van der Waals surface area (Å²) < 4.78 is 41.8. The Kier molecular flexibility index (Phi) is 3.33. The van der Waals surface area contributed by atoms with Crippen LogP contribution in [0, 0.1) is 6.92 Å². The number of rotatable bonds is 1. The van der Waals surface area contributed by atoms with E-state index >= 15 is 0 Å². The molecule has 19 heavy (non-hydrogen) atoms. The van der Waals surface area contributed by atoms with Crippen molar-refractivity contribution in [2.75, 3.05) is 5.32 Å². The number of anilines is 1. The van der Waals surface area contributed by atoms with Gasteiger partial charge in [0.05, 0.1) is 11.9 Å². The number of aryl methyl sites for hydroxylation is 1. The molecule has 100 valence electrons. The first-order chi connectivity index (χ1) is 8.86.